The molecule has 7 heteroatoms. The molecule has 2 N–H and O–H groups in total. The van der Waals surface area contributed by atoms with Crippen molar-refractivity contribution in [2.24, 2.45) is 5.92 Å². The van der Waals surface area contributed by atoms with E-state index >= 15 is 0 Å². The Bertz CT molecular complexity index is 431. The van der Waals surface area contributed by atoms with Crippen LogP contribution in [0.25, 0.3) is 0 Å². The maximum Gasteiger partial charge on any atom is 0.326 e. The smallest absolute Gasteiger partial charge is 0.326 e. The third-order valence-corrected chi connectivity index (χ3v) is 3.23. The molecule has 1 aromatic rings. The van der Waals surface area contributed by atoms with Crippen LogP contribution in [0.3, 0.4) is 0 Å². The average Bonchev–Trinajstić information content (AvgIpc) is 2.73. The summed E-state index contributed by atoms with van der Waals surface area (Å²) in [5.41, 5.74) is 0.632. The summed E-state index contributed by atoms with van der Waals surface area (Å²) in [6, 6.07) is -0.894. The first-order chi connectivity index (χ1) is 8.47. The standard InChI is InChI=1S/C11H17N3O3S/c1-4-5-7-9(18-14-13-7)10(15)12-8(6(2)3)11(16)17/h6,8H,4-5H2,1-3H3,(H,12,15)(H,16,17). The Labute approximate surface area is 110 Å². The molecule has 0 radical (unpaired) electrons. The molecule has 0 bridgehead atoms. The Morgan fingerprint density at radius 3 is 2.61 bits per heavy atom. The second-order valence-corrected chi connectivity index (χ2v) is 5.09. The third-order valence-electron chi connectivity index (χ3n) is 2.47. The van der Waals surface area contributed by atoms with E-state index in [0.29, 0.717) is 17.0 Å². The summed E-state index contributed by atoms with van der Waals surface area (Å²) in [6.07, 6.45) is 1.52. The van der Waals surface area contributed by atoms with Crippen molar-refractivity contribution in [3.8, 4) is 0 Å². The van der Waals surface area contributed by atoms with Gasteiger partial charge in [0.1, 0.15) is 10.9 Å². The number of rotatable bonds is 6. The topological polar surface area (TPSA) is 92.2 Å². The summed E-state index contributed by atoms with van der Waals surface area (Å²) < 4.78 is 3.74. The lowest BCUT2D eigenvalue weighted by molar-refractivity contribution is -0.140. The minimum atomic E-state index is -1.03. The van der Waals surface area contributed by atoms with Crippen molar-refractivity contribution in [2.75, 3.05) is 0 Å². The molecule has 0 saturated heterocycles. The molecule has 0 fully saturated rings. The Balaban J connectivity index is 2.80. The number of carboxylic acids is 1. The van der Waals surface area contributed by atoms with Crippen LogP contribution in [0.4, 0.5) is 0 Å². The fourth-order valence-electron chi connectivity index (χ4n) is 1.50. The lowest BCUT2D eigenvalue weighted by Crippen LogP contribution is -2.44. The lowest BCUT2D eigenvalue weighted by atomic mass is 10.0. The molecule has 6 nitrogen and oxygen atoms in total. The maximum atomic E-state index is 12.0. The summed E-state index contributed by atoms with van der Waals surface area (Å²) in [5, 5.41) is 15.4. The van der Waals surface area contributed by atoms with Gasteiger partial charge in [-0.2, -0.15) is 0 Å². The highest BCUT2D eigenvalue weighted by Crippen LogP contribution is 2.13. The number of carboxylic acid groups (broad SMARTS) is 1. The molecule has 1 rings (SSSR count). The monoisotopic (exact) mass is 271 g/mol. The van der Waals surface area contributed by atoms with Crippen LogP contribution in [0.15, 0.2) is 0 Å². The molecule has 0 spiro atoms. The van der Waals surface area contributed by atoms with E-state index in [9.17, 15) is 9.59 Å². The fraction of sp³-hybridized carbons (Fsp3) is 0.636. The molecular weight excluding hydrogens is 254 g/mol. The van der Waals surface area contributed by atoms with E-state index < -0.39 is 17.9 Å². The number of aryl methyl sites for hydroxylation is 1. The van der Waals surface area contributed by atoms with Gasteiger partial charge in [-0.25, -0.2) is 4.79 Å². The Morgan fingerprint density at radius 2 is 2.11 bits per heavy atom. The van der Waals surface area contributed by atoms with Crippen LogP contribution in [0.1, 0.15) is 42.6 Å². The highest BCUT2D eigenvalue weighted by atomic mass is 32.1. The lowest BCUT2D eigenvalue weighted by Gasteiger charge is -2.17. The van der Waals surface area contributed by atoms with Crippen molar-refractivity contribution in [1.82, 2.24) is 14.9 Å². The Morgan fingerprint density at radius 1 is 1.44 bits per heavy atom. The van der Waals surface area contributed by atoms with Crippen LogP contribution in [0.5, 0.6) is 0 Å². The minimum absolute atomic E-state index is 0.179. The summed E-state index contributed by atoms with van der Waals surface area (Å²) in [4.78, 5) is 23.4. The van der Waals surface area contributed by atoms with E-state index in [2.05, 4.69) is 14.9 Å². The number of nitrogens with zero attached hydrogens (tertiary/aromatic N) is 2. The van der Waals surface area contributed by atoms with Gasteiger partial charge < -0.3 is 10.4 Å². The number of nitrogens with one attached hydrogen (secondary N) is 1. The summed E-state index contributed by atoms with van der Waals surface area (Å²) in [7, 11) is 0. The zero-order valence-corrected chi connectivity index (χ0v) is 11.5. The first-order valence-electron chi connectivity index (χ1n) is 5.82. The first-order valence-corrected chi connectivity index (χ1v) is 6.59. The zero-order chi connectivity index (χ0) is 13.7. The predicted molar refractivity (Wildman–Crippen MR) is 67.6 cm³/mol. The molecule has 0 aliphatic carbocycles. The van der Waals surface area contributed by atoms with E-state index in [0.717, 1.165) is 18.0 Å². The summed E-state index contributed by atoms with van der Waals surface area (Å²) >= 11 is 0.997. The quantitative estimate of drug-likeness (QED) is 0.814. The zero-order valence-electron chi connectivity index (χ0n) is 10.6. The largest absolute Gasteiger partial charge is 0.480 e. The van der Waals surface area contributed by atoms with Crippen LogP contribution in [0.2, 0.25) is 0 Å². The molecule has 18 heavy (non-hydrogen) atoms. The molecule has 1 heterocycles. The van der Waals surface area contributed by atoms with Crippen molar-refractivity contribution >= 4 is 23.4 Å². The van der Waals surface area contributed by atoms with Gasteiger partial charge >= 0.3 is 5.97 Å². The number of hydrogen-bond donors (Lipinski definition) is 2. The van der Waals surface area contributed by atoms with Gasteiger partial charge in [-0.05, 0) is 23.9 Å². The number of carbonyl (C=O) groups is 2. The summed E-state index contributed by atoms with van der Waals surface area (Å²) in [6.45, 7) is 5.48. The van der Waals surface area contributed by atoms with Gasteiger partial charge in [0.2, 0.25) is 0 Å². The van der Waals surface area contributed by atoms with E-state index in [-0.39, 0.29) is 5.92 Å². The molecule has 0 saturated carbocycles. The van der Waals surface area contributed by atoms with Gasteiger partial charge in [-0.1, -0.05) is 31.7 Å². The number of carbonyl (C=O) groups excluding carboxylic acids is 1. The minimum Gasteiger partial charge on any atom is -0.480 e. The fourth-order valence-corrected chi connectivity index (χ4v) is 2.11. The molecule has 100 valence electrons. The highest BCUT2D eigenvalue weighted by molar-refractivity contribution is 7.08. The van der Waals surface area contributed by atoms with E-state index in [1.54, 1.807) is 13.8 Å². The normalized spacial score (nSPS) is 12.4. The molecule has 1 amide bonds. The SMILES string of the molecule is CCCc1nnsc1C(=O)NC(C(=O)O)C(C)C. The maximum absolute atomic E-state index is 12.0. The predicted octanol–water partition coefficient (Wildman–Crippen LogP) is 1.33. The first kappa shape index (κ1) is 14.6. The molecule has 1 aromatic heterocycles. The van der Waals surface area contributed by atoms with Crippen LogP contribution in [0, 0.1) is 5.92 Å². The third kappa shape index (κ3) is 3.49. The van der Waals surface area contributed by atoms with Gasteiger partial charge in [-0.15, -0.1) is 5.10 Å². The van der Waals surface area contributed by atoms with Crippen molar-refractivity contribution in [3.05, 3.63) is 10.6 Å². The Hall–Kier alpha value is -1.50. The van der Waals surface area contributed by atoms with E-state index in [4.69, 9.17) is 5.11 Å². The van der Waals surface area contributed by atoms with Crippen molar-refractivity contribution in [1.29, 1.82) is 0 Å². The van der Waals surface area contributed by atoms with Crippen LogP contribution < -0.4 is 5.32 Å². The van der Waals surface area contributed by atoms with Crippen molar-refractivity contribution < 1.29 is 14.7 Å². The van der Waals surface area contributed by atoms with Gasteiger partial charge in [0.15, 0.2) is 0 Å². The highest BCUT2D eigenvalue weighted by Gasteiger charge is 2.26. The molecule has 1 unspecified atom stereocenters. The van der Waals surface area contributed by atoms with E-state index in [1.165, 1.54) is 0 Å². The van der Waals surface area contributed by atoms with Gasteiger partial charge in [0.05, 0.1) is 5.69 Å². The number of amides is 1. The second-order valence-electron chi connectivity index (χ2n) is 4.33. The van der Waals surface area contributed by atoms with Gasteiger partial charge in [0, 0.05) is 0 Å². The van der Waals surface area contributed by atoms with Gasteiger partial charge in [0.25, 0.3) is 5.91 Å². The number of hydrogen-bond acceptors (Lipinski definition) is 5. The van der Waals surface area contributed by atoms with Crippen LogP contribution in [-0.4, -0.2) is 32.6 Å². The molecular formula is C11H17N3O3S. The summed E-state index contributed by atoms with van der Waals surface area (Å²) in [5.74, 6) is -1.62. The number of aromatic nitrogens is 2. The van der Waals surface area contributed by atoms with Crippen LogP contribution in [-0.2, 0) is 11.2 Å². The van der Waals surface area contributed by atoms with Crippen LogP contribution >= 0.6 is 11.5 Å². The van der Waals surface area contributed by atoms with Gasteiger partial charge in [-0.3, -0.25) is 4.79 Å². The molecule has 0 aliphatic rings. The van der Waals surface area contributed by atoms with Crippen molar-refractivity contribution in [3.63, 3.8) is 0 Å². The second kappa shape index (κ2) is 6.44. The molecule has 1 atom stereocenters. The average molecular weight is 271 g/mol. The Kier molecular flexibility index (Phi) is 5.21. The number of aliphatic carboxylic acids is 1. The van der Waals surface area contributed by atoms with Crippen molar-refractivity contribution in [2.45, 2.75) is 39.7 Å². The molecule has 0 aromatic carbocycles. The van der Waals surface area contributed by atoms with E-state index in [1.807, 2.05) is 6.92 Å². The molecule has 0 aliphatic heterocycles.